The molecule has 0 saturated heterocycles. The van der Waals surface area contributed by atoms with Crippen molar-refractivity contribution in [3.8, 4) is 0 Å². The Morgan fingerprint density at radius 1 is 1.00 bits per heavy atom. The summed E-state index contributed by atoms with van der Waals surface area (Å²) < 4.78 is 4.78. The minimum Gasteiger partial charge on any atom is -0.478 e. The molecule has 0 radical (unpaired) electrons. The number of rotatable bonds is 1. The molecule has 4 nitrogen and oxygen atoms in total. The highest BCUT2D eigenvalue weighted by molar-refractivity contribution is 5.93. The summed E-state index contributed by atoms with van der Waals surface area (Å²) in [5.74, 6) is -1.08. The molecule has 0 aliphatic carbocycles. The van der Waals surface area contributed by atoms with Crippen molar-refractivity contribution in [3.63, 3.8) is 0 Å². The van der Waals surface area contributed by atoms with Crippen LogP contribution in [0, 0.1) is 0 Å². The number of hydrogen-bond donors (Lipinski definition) is 1. The Balaban J connectivity index is 0.000000141. The molecule has 1 N–H and O–H groups in total. The first-order chi connectivity index (χ1) is 9.18. The maximum absolute atomic E-state index is 10.8. The number of carboxylic acids is 1. The van der Waals surface area contributed by atoms with Gasteiger partial charge in [0.1, 0.15) is 6.61 Å². The van der Waals surface area contributed by atoms with Crippen molar-refractivity contribution < 1.29 is 19.4 Å². The topological polar surface area (TPSA) is 63.6 Å². The largest absolute Gasteiger partial charge is 0.478 e. The van der Waals surface area contributed by atoms with Gasteiger partial charge in [-0.1, -0.05) is 36.4 Å². The van der Waals surface area contributed by atoms with Crippen LogP contribution < -0.4 is 0 Å². The van der Waals surface area contributed by atoms with E-state index in [9.17, 15) is 9.59 Å². The third-order valence-corrected chi connectivity index (χ3v) is 2.62. The van der Waals surface area contributed by atoms with Gasteiger partial charge in [0.05, 0.1) is 11.1 Å². The molecule has 0 amide bonds. The fourth-order valence-corrected chi connectivity index (χ4v) is 1.65. The van der Waals surface area contributed by atoms with Crippen molar-refractivity contribution in [1.29, 1.82) is 0 Å². The van der Waals surface area contributed by atoms with E-state index in [1.807, 2.05) is 18.2 Å². The number of carboxylic acid groups (broad SMARTS) is 1. The van der Waals surface area contributed by atoms with Gasteiger partial charge in [-0.2, -0.15) is 0 Å². The molecule has 0 unspecified atom stereocenters. The number of carbonyl (C=O) groups excluding carboxylic acids is 1. The Bertz CT molecular complexity index is 590. The zero-order valence-corrected chi connectivity index (χ0v) is 10.1. The molecule has 96 valence electrons. The second-order valence-electron chi connectivity index (χ2n) is 3.90. The van der Waals surface area contributed by atoms with Crippen LogP contribution >= 0.6 is 0 Å². The van der Waals surface area contributed by atoms with Crippen LogP contribution in [0.5, 0.6) is 0 Å². The molecule has 2 aromatic rings. The molecule has 1 heterocycles. The van der Waals surface area contributed by atoms with Crippen LogP contribution in [0.4, 0.5) is 0 Å². The Labute approximate surface area is 110 Å². The van der Waals surface area contributed by atoms with Gasteiger partial charge in [-0.3, -0.25) is 0 Å². The Morgan fingerprint density at radius 3 is 2.21 bits per heavy atom. The minimum atomic E-state index is -0.879. The van der Waals surface area contributed by atoms with Gasteiger partial charge in [0.2, 0.25) is 0 Å². The van der Waals surface area contributed by atoms with Gasteiger partial charge < -0.3 is 9.84 Å². The van der Waals surface area contributed by atoms with Crippen molar-refractivity contribution in [2.75, 3.05) is 0 Å². The number of hydrogen-bond acceptors (Lipinski definition) is 3. The van der Waals surface area contributed by atoms with Crippen molar-refractivity contribution in [2.45, 2.75) is 6.61 Å². The summed E-state index contributed by atoms with van der Waals surface area (Å²) in [5.41, 5.74) is 2.03. The Morgan fingerprint density at radius 2 is 1.63 bits per heavy atom. The van der Waals surface area contributed by atoms with Crippen LogP contribution in [-0.2, 0) is 11.3 Å². The van der Waals surface area contributed by atoms with Gasteiger partial charge >= 0.3 is 11.9 Å². The lowest BCUT2D eigenvalue weighted by molar-refractivity contribution is 0.0534. The molecule has 2 aromatic carbocycles. The van der Waals surface area contributed by atoms with Gasteiger partial charge in [-0.25, -0.2) is 9.59 Å². The molecule has 0 aromatic heterocycles. The molecule has 1 aliphatic heterocycles. The van der Waals surface area contributed by atoms with E-state index < -0.39 is 5.97 Å². The third kappa shape index (κ3) is 3.19. The van der Waals surface area contributed by atoms with Crippen molar-refractivity contribution >= 4 is 11.9 Å². The second kappa shape index (κ2) is 5.82. The normalized spacial score (nSPS) is 11.9. The quantitative estimate of drug-likeness (QED) is 0.797. The molecule has 1 aliphatic rings. The standard InChI is InChI=1S/C8H6O2.C7H6O2/c9-8-7-4-2-1-3-6(7)5-10-8;8-7(9)6-4-2-1-3-5-6/h1-4H,5H2;1-5H,(H,8,9). The first-order valence-corrected chi connectivity index (χ1v) is 5.72. The first-order valence-electron chi connectivity index (χ1n) is 5.72. The summed E-state index contributed by atoms with van der Waals surface area (Å²) in [6.45, 7) is 0.439. The van der Waals surface area contributed by atoms with E-state index in [0.29, 0.717) is 17.7 Å². The molecule has 0 atom stereocenters. The number of ether oxygens (including phenoxy) is 1. The van der Waals surface area contributed by atoms with E-state index in [-0.39, 0.29) is 5.97 Å². The SMILES string of the molecule is O=C(O)c1ccccc1.O=C1OCc2ccccc21. The van der Waals surface area contributed by atoms with Crippen molar-refractivity contribution in [3.05, 3.63) is 71.3 Å². The average molecular weight is 256 g/mol. The lowest BCUT2D eigenvalue weighted by Gasteiger charge is -1.88. The number of fused-ring (bicyclic) bond motifs is 1. The first kappa shape index (κ1) is 12.8. The molecule has 0 bridgehead atoms. The summed E-state index contributed by atoms with van der Waals surface area (Å²) in [4.78, 5) is 21.0. The molecular weight excluding hydrogens is 244 g/mol. The molecule has 19 heavy (non-hydrogen) atoms. The van der Waals surface area contributed by atoms with Gasteiger partial charge in [-0.05, 0) is 18.2 Å². The van der Waals surface area contributed by atoms with Gasteiger partial charge in [0.15, 0.2) is 0 Å². The molecule has 0 saturated carbocycles. The maximum Gasteiger partial charge on any atom is 0.338 e. The molecular formula is C15H12O4. The third-order valence-electron chi connectivity index (χ3n) is 2.62. The monoisotopic (exact) mass is 256 g/mol. The molecule has 0 spiro atoms. The highest BCUT2D eigenvalue weighted by Crippen LogP contribution is 2.18. The summed E-state index contributed by atoms with van der Waals surface area (Å²) in [6.07, 6.45) is 0. The zero-order valence-electron chi connectivity index (χ0n) is 10.1. The number of aromatic carboxylic acids is 1. The van der Waals surface area contributed by atoms with Gasteiger partial charge in [-0.15, -0.1) is 0 Å². The Kier molecular flexibility index (Phi) is 3.93. The van der Waals surface area contributed by atoms with Gasteiger partial charge in [0, 0.05) is 5.56 Å². The number of cyclic esters (lactones) is 1. The van der Waals surface area contributed by atoms with Crippen molar-refractivity contribution in [1.82, 2.24) is 0 Å². The van der Waals surface area contributed by atoms with E-state index in [1.54, 1.807) is 36.4 Å². The van der Waals surface area contributed by atoms with E-state index in [1.165, 1.54) is 0 Å². The fourth-order valence-electron chi connectivity index (χ4n) is 1.65. The Hall–Kier alpha value is -2.62. The lowest BCUT2D eigenvalue weighted by atomic mass is 10.1. The number of carbonyl (C=O) groups is 2. The highest BCUT2D eigenvalue weighted by atomic mass is 16.5. The highest BCUT2D eigenvalue weighted by Gasteiger charge is 2.18. The van der Waals surface area contributed by atoms with E-state index in [2.05, 4.69) is 0 Å². The fraction of sp³-hybridized carbons (Fsp3) is 0.0667. The van der Waals surface area contributed by atoms with Crippen LogP contribution in [0.15, 0.2) is 54.6 Å². The smallest absolute Gasteiger partial charge is 0.338 e. The number of benzene rings is 2. The summed E-state index contributed by atoms with van der Waals surface area (Å²) >= 11 is 0. The van der Waals surface area contributed by atoms with Crippen LogP contribution in [-0.4, -0.2) is 17.0 Å². The predicted octanol–water partition coefficient (Wildman–Crippen LogP) is 2.74. The van der Waals surface area contributed by atoms with Crippen LogP contribution in [0.3, 0.4) is 0 Å². The summed E-state index contributed by atoms with van der Waals surface area (Å²) in [6, 6.07) is 15.7. The van der Waals surface area contributed by atoms with Gasteiger partial charge in [0.25, 0.3) is 0 Å². The van der Waals surface area contributed by atoms with E-state index >= 15 is 0 Å². The maximum atomic E-state index is 10.8. The average Bonchev–Trinajstić information content (AvgIpc) is 2.83. The van der Waals surface area contributed by atoms with E-state index in [0.717, 1.165) is 5.56 Å². The van der Waals surface area contributed by atoms with Crippen molar-refractivity contribution in [2.24, 2.45) is 0 Å². The molecule has 0 fully saturated rings. The van der Waals surface area contributed by atoms with Crippen LogP contribution in [0.25, 0.3) is 0 Å². The van der Waals surface area contributed by atoms with Crippen LogP contribution in [0.2, 0.25) is 0 Å². The zero-order chi connectivity index (χ0) is 13.7. The molecule has 3 rings (SSSR count). The van der Waals surface area contributed by atoms with E-state index in [4.69, 9.17) is 9.84 Å². The predicted molar refractivity (Wildman–Crippen MR) is 69.0 cm³/mol. The second-order valence-corrected chi connectivity index (χ2v) is 3.90. The summed E-state index contributed by atoms with van der Waals surface area (Å²) in [7, 11) is 0. The van der Waals surface area contributed by atoms with Crippen LogP contribution in [0.1, 0.15) is 26.3 Å². The number of esters is 1. The minimum absolute atomic E-state index is 0.199. The molecule has 4 heteroatoms. The lowest BCUT2D eigenvalue weighted by Crippen LogP contribution is -1.93. The summed E-state index contributed by atoms with van der Waals surface area (Å²) in [5, 5.41) is 8.38.